The second-order valence-corrected chi connectivity index (χ2v) is 5.95. The van der Waals surface area contributed by atoms with Crippen LogP contribution < -0.4 is 5.73 Å². The first-order valence-electron chi connectivity index (χ1n) is 7.06. The molecule has 18 heavy (non-hydrogen) atoms. The second kappa shape index (κ2) is 5.41. The van der Waals surface area contributed by atoms with E-state index in [-0.39, 0.29) is 5.41 Å². The molecular weight excluding hydrogens is 220 g/mol. The minimum atomic E-state index is 0.266. The first-order valence-corrected chi connectivity index (χ1v) is 7.06. The SMILES string of the molecule is C[C@@H]1C[C@@](CCN)(c2ccccc2)[C@@H](C)CN1C. The average Bonchev–Trinajstić information content (AvgIpc) is 2.37. The fraction of sp³-hybridized carbons (Fsp3) is 0.625. The number of benzene rings is 1. The Labute approximate surface area is 111 Å². The van der Waals surface area contributed by atoms with Crippen molar-refractivity contribution in [3.8, 4) is 0 Å². The van der Waals surface area contributed by atoms with Gasteiger partial charge in [0.15, 0.2) is 0 Å². The number of rotatable bonds is 3. The Morgan fingerprint density at radius 3 is 2.56 bits per heavy atom. The van der Waals surface area contributed by atoms with Gasteiger partial charge in [-0.05, 0) is 44.8 Å². The molecule has 100 valence electrons. The maximum absolute atomic E-state index is 5.91. The highest BCUT2D eigenvalue weighted by Crippen LogP contribution is 2.43. The summed E-state index contributed by atoms with van der Waals surface area (Å²) in [5, 5.41) is 0. The van der Waals surface area contributed by atoms with Gasteiger partial charge in [-0.2, -0.15) is 0 Å². The zero-order valence-corrected chi connectivity index (χ0v) is 11.9. The number of hydrogen-bond donors (Lipinski definition) is 1. The molecule has 0 amide bonds. The highest BCUT2D eigenvalue weighted by molar-refractivity contribution is 5.28. The molecule has 1 aliphatic rings. The molecule has 0 bridgehead atoms. The zero-order chi connectivity index (χ0) is 13.2. The Kier molecular flexibility index (Phi) is 4.08. The lowest BCUT2D eigenvalue weighted by Gasteiger charge is -2.49. The number of nitrogens with two attached hydrogens (primary N) is 1. The van der Waals surface area contributed by atoms with Gasteiger partial charge in [0.2, 0.25) is 0 Å². The maximum atomic E-state index is 5.91. The van der Waals surface area contributed by atoms with Crippen molar-refractivity contribution in [3.05, 3.63) is 35.9 Å². The molecule has 0 radical (unpaired) electrons. The largest absolute Gasteiger partial charge is 0.330 e. The van der Waals surface area contributed by atoms with E-state index in [1.165, 1.54) is 12.0 Å². The van der Waals surface area contributed by atoms with Crippen LogP contribution in [0.2, 0.25) is 0 Å². The molecule has 2 nitrogen and oxygen atoms in total. The minimum absolute atomic E-state index is 0.266. The smallest absolute Gasteiger partial charge is 0.00726 e. The number of hydrogen-bond acceptors (Lipinski definition) is 2. The lowest BCUT2D eigenvalue weighted by molar-refractivity contribution is 0.0704. The van der Waals surface area contributed by atoms with E-state index in [0.29, 0.717) is 12.0 Å². The number of likely N-dealkylation sites (tertiary alicyclic amines) is 1. The van der Waals surface area contributed by atoms with Crippen LogP contribution in [0.1, 0.15) is 32.3 Å². The molecule has 1 fully saturated rings. The molecule has 1 aromatic rings. The van der Waals surface area contributed by atoms with E-state index in [0.717, 1.165) is 19.5 Å². The molecule has 2 N–H and O–H groups in total. The summed E-state index contributed by atoms with van der Waals surface area (Å²) < 4.78 is 0. The Hall–Kier alpha value is -0.860. The van der Waals surface area contributed by atoms with Crippen molar-refractivity contribution >= 4 is 0 Å². The van der Waals surface area contributed by atoms with Crippen molar-refractivity contribution in [1.82, 2.24) is 4.90 Å². The Morgan fingerprint density at radius 2 is 1.94 bits per heavy atom. The van der Waals surface area contributed by atoms with Gasteiger partial charge in [-0.3, -0.25) is 0 Å². The molecule has 2 rings (SSSR count). The van der Waals surface area contributed by atoms with Gasteiger partial charge in [0.1, 0.15) is 0 Å². The fourth-order valence-corrected chi connectivity index (χ4v) is 3.59. The van der Waals surface area contributed by atoms with Crippen LogP contribution in [-0.2, 0) is 5.41 Å². The van der Waals surface area contributed by atoms with E-state index in [9.17, 15) is 0 Å². The predicted molar refractivity (Wildman–Crippen MR) is 77.7 cm³/mol. The number of nitrogens with zero attached hydrogens (tertiary/aromatic N) is 1. The fourth-order valence-electron chi connectivity index (χ4n) is 3.59. The van der Waals surface area contributed by atoms with Crippen LogP contribution in [0.5, 0.6) is 0 Å². The monoisotopic (exact) mass is 246 g/mol. The molecule has 1 aliphatic heterocycles. The van der Waals surface area contributed by atoms with E-state index < -0.39 is 0 Å². The summed E-state index contributed by atoms with van der Waals surface area (Å²) in [6.07, 6.45) is 2.31. The van der Waals surface area contributed by atoms with Gasteiger partial charge >= 0.3 is 0 Å². The van der Waals surface area contributed by atoms with E-state index in [1.807, 2.05) is 0 Å². The second-order valence-electron chi connectivity index (χ2n) is 5.95. The van der Waals surface area contributed by atoms with Crippen LogP contribution in [0, 0.1) is 5.92 Å². The Bertz CT molecular complexity index is 376. The van der Waals surface area contributed by atoms with Crippen molar-refractivity contribution in [1.29, 1.82) is 0 Å². The summed E-state index contributed by atoms with van der Waals surface area (Å²) in [5.74, 6) is 0.657. The quantitative estimate of drug-likeness (QED) is 0.888. The molecule has 1 heterocycles. The van der Waals surface area contributed by atoms with Gasteiger partial charge < -0.3 is 10.6 Å². The third-order valence-corrected chi connectivity index (χ3v) is 4.86. The molecule has 1 aromatic carbocycles. The van der Waals surface area contributed by atoms with Crippen molar-refractivity contribution in [2.24, 2.45) is 11.7 Å². The summed E-state index contributed by atoms with van der Waals surface area (Å²) in [6, 6.07) is 11.6. The molecule has 0 spiro atoms. The number of piperidine rings is 1. The maximum Gasteiger partial charge on any atom is 0.00726 e. The third kappa shape index (κ3) is 2.32. The normalized spacial score (nSPS) is 33.6. The summed E-state index contributed by atoms with van der Waals surface area (Å²) in [4.78, 5) is 2.47. The van der Waals surface area contributed by atoms with Crippen molar-refractivity contribution in [2.45, 2.75) is 38.1 Å². The highest BCUT2D eigenvalue weighted by Gasteiger charge is 2.42. The topological polar surface area (TPSA) is 29.3 Å². The Balaban J connectivity index is 2.37. The van der Waals surface area contributed by atoms with Crippen molar-refractivity contribution < 1.29 is 0 Å². The van der Waals surface area contributed by atoms with Crippen molar-refractivity contribution in [3.63, 3.8) is 0 Å². The van der Waals surface area contributed by atoms with E-state index in [4.69, 9.17) is 5.73 Å². The van der Waals surface area contributed by atoms with Crippen LogP contribution in [0.4, 0.5) is 0 Å². The highest BCUT2D eigenvalue weighted by atomic mass is 15.1. The third-order valence-electron chi connectivity index (χ3n) is 4.86. The van der Waals surface area contributed by atoms with Crippen LogP contribution in [0.25, 0.3) is 0 Å². The first-order chi connectivity index (χ1) is 8.60. The van der Waals surface area contributed by atoms with Crippen LogP contribution >= 0.6 is 0 Å². The minimum Gasteiger partial charge on any atom is -0.330 e. The lowest BCUT2D eigenvalue weighted by Crippen LogP contribution is -2.52. The molecule has 1 saturated heterocycles. The zero-order valence-electron chi connectivity index (χ0n) is 11.9. The molecule has 0 aromatic heterocycles. The standard InChI is InChI=1S/C16H26N2/c1-13-12-18(3)14(2)11-16(13,9-10-17)15-7-5-4-6-8-15/h4-8,13-14H,9-12,17H2,1-3H3/t13-,14+,16+/m0/s1. The summed E-state index contributed by atoms with van der Waals surface area (Å²) in [6.45, 7) is 6.65. The summed E-state index contributed by atoms with van der Waals surface area (Å²) in [7, 11) is 2.23. The van der Waals surface area contributed by atoms with Gasteiger partial charge in [-0.15, -0.1) is 0 Å². The Morgan fingerprint density at radius 1 is 1.28 bits per heavy atom. The summed E-state index contributed by atoms with van der Waals surface area (Å²) >= 11 is 0. The molecule has 3 atom stereocenters. The van der Waals surface area contributed by atoms with Crippen molar-refractivity contribution in [2.75, 3.05) is 20.1 Å². The van der Waals surface area contributed by atoms with Crippen LogP contribution in [0.3, 0.4) is 0 Å². The van der Waals surface area contributed by atoms with E-state index in [2.05, 4.69) is 56.1 Å². The van der Waals surface area contributed by atoms with E-state index >= 15 is 0 Å². The predicted octanol–water partition coefficient (Wildman–Crippen LogP) is 2.63. The van der Waals surface area contributed by atoms with Gasteiger partial charge in [0.25, 0.3) is 0 Å². The van der Waals surface area contributed by atoms with Crippen LogP contribution in [0.15, 0.2) is 30.3 Å². The first kappa shape index (κ1) is 13.6. The van der Waals surface area contributed by atoms with E-state index in [1.54, 1.807) is 0 Å². The molecule has 0 aliphatic carbocycles. The van der Waals surface area contributed by atoms with Gasteiger partial charge in [-0.25, -0.2) is 0 Å². The van der Waals surface area contributed by atoms with Gasteiger partial charge in [-0.1, -0.05) is 37.3 Å². The van der Waals surface area contributed by atoms with Gasteiger partial charge in [0, 0.05) is 18.0 Å². The summed E-state index contributed by atoms with van der Waals surface area (Å²) in [5.41, 5.74) is 7.65. The van der Waals surface area contributed by atoms with Gasteiger partial charge in [0.05, 0.1) is 0 Å². The molecular formula is C16H26N2. The molecule has 2 heteroatoms. The molecule has 0 unspecified atom stereocenters. The average molecular weight is 246 g/mol. The lowest BCUT2D eigenvalue weighted by atomic mass is 9.63. The van der Waals surface area contributed by atoms with Crippen LogP contribution in [-0.4, -0.2) is 31.1 Å². The molecule has 0 saturated carbocycles.